The number of hydrogen-bond donors (Lipinski definition) is 2. The van der Waals surface area contributed by atoms with Gasteiger partial charge in [-0.05, 0) is 25.3 Å². The van der Waals surface area contributed by atoms with Gasteiger partial charge in [0.15, 0.2) is 0 Å². The van der Waals surface area contributed by atoms with E-state index in [1.165, 1.54) is 19.3 Å². The molecule has 1 amide bonds. The number of carbonyl (C=O) groups excluding carboxylic acids is 1. The molecule has 0 aromatic carbocycles. The van der Waals surface area contributed by atoms with Crippen LogP contribution in [-0.2, 0) is 9.53 Å². The number of rotatable bonds is 7. The van der Waals surface area contributed by atoms with Crippen LogP contribution in [0.25, 0.3) is 0 Å². The van der Waals surface area contributed by atoms with Crippen LogP contribution in [0.1, 0.15) is 46.0 Å². The van der Waals surface area contributed by atoms with Gasteiger partial charge in [0.25, 0.3) is 0 Å². The van der Waals surface area contributed by atoms with E-state index in [2.05, 4.69) is 12.2 Å². The van der Waals surface area contributed by atoms with E-state index in [-0.39, 0.29) is 11.9 Å². The fourth-order valence-corrected chi connectivity index (χ4v) is 2.57. The van der Waals surface area contributed by atoms with Crippen molar-refractivity contribution in [2.75, 3.05) is 13.2 Å². The first kappa shape index (κ1) is 14.5. The van der Waals surface area contributed by atoms with Crippen molar-refractivity contribution in [3.8, 4) is 0 Å². The van der Waals surface area contributed by atoms with E-state index >= 15 is 0 Å². The second-order valence-electron chi connectivity index (χ2n) is 4.84. The standard InChI is InChI=1S/C13H26N2O2/c1-3-10-7-5-6-8-12(10)17-9-11(13(14)16)15-4-2/h10-12,15H,3-9H2,1-2H3,(H2,14,16). The van der Waals surface area contributed by atoms with Crippen LogP contribution in [0.4, 0.5) is 0 Å². The summed E-state index contributed by atoms with van der Waals surface area (Å²) >= 11 is 0. The molecule has 0 radical (unpaired) electrons. The Morgan fingerprint density at radius 2 is 2.12 bits per heavy atom. The van der Waals surface area contributed by atoms with Gasteiger partial charge in [-0.25, -0.2) is 0 Å². The van der Waals surface area contributed by atoms with Crippen molar-refractivity contribution < 1.29 is 9.53 Å². The molecule has 4 heteroatoms. The summed E-state index contributed by atoms with van der Waals surface area (Å²) in [5.41, 5.74) is 5.32. The number of carbonyl (C=O) groups is 1. The molecule has 0 bridgehead atoms. The number of amides is 1. The molecule has 1 aliphatic rings. The molecular formula is C13H26N2O2. The third-order valence-electron chi connectivity index (χ3n) is 3.63. The third kappa shape index (κ3) is 4.64. The minimum atomic E-state index is -0.348. The van der Waals surface area contributed by atoms with Crippen LogP contribution < -0.4 is 11.1 Å². The molecule has 100 valence electrons. The lowest BCUT2D eigenvalue weighted by Crippen LogP contribution is -2.46. The van der Waals surface area contributed by atoms with Crippen LogP contribution in [0.5, 0.6) is 0 Å². The maximum Gasteiger partial charge on any atom is 0.236 e. The second-order valence-corrected chi connectivity index (χ2v) is 4.84. The van der Waals surface area contributed by atoms with Crippen LogP contribution in [0.3, 0.4) is 0 Å². The Morgan fingerprint density at radius 1 is 1.41 bits per heavy atom. The van der Waals surface area contributed by atoms with E-state index in [1.807, 2.05) is 6.92 Å². The molecule has 0 spiro atoms. The Kier molecular flexibility index (Phi) is 6.52. The molecule has 0 heterocycles. The van der Waals surface area contributed by atoms with Crippen molar-refractivity contribution in [2.45, 2.75) is 58.1 Å². The Morgan fingerprint density at radius 3 is 2.71 bits per heavy atom. The van der Waals surface area contributed by atoms with Gasteiger partial charge in [0.05, 0.1) is 12.7 Å². The summed E-state index contributed by atoms with van der Waals surface area (Å²) in [6, 6.07) is -0.348. The van der Waals surface area contributed by atoms with Gasteiger partial charge >= 0.3 is 0 Å². The van der Waals surface area contributed by atoms with E-state index in [9.17, 15) is 4.79 Å². The maximum absolute atomic E-state index is 11.2. The predicted octanol–water partition coefficient (Wildman–Crippen LogP) is 1.44. The smallest absolute Gasteiger partial charge is 0.236 e. The molecule has 3 atom stereocenters. The molecule has 0 saturated heterocycles. The van der Waals surface area contributed by atoms with Crippen molar-refractivity contribution in [3.63, 3.8) is 0 Å². The van der Waals surface area contributed by atoms with Crippen molar-refractivity contribution in [1.29, 1.82) is 0 Å². The predicted molar refractivity (Wildman–Crippen MR) is 68.6 cm³/mol. The van der Waals surface area contributed by atoms with E-state index in [0.29, 0.717) is 18.6 Å². The molecule has 1 saturated carbocycles. The largest absolute Gasteiger partial charge is 0.376 e. The van der Waals surface area contributed by atoms with Crippen LogP contribution in [-0.4, -0.2) is 31.2 Å². The van der Waals surface area contributed by atoms with Gasteiger partial charge in [-0.1, -0.05) is 33.1 Å². The summed E-state index contributed by atoms with van der Waals surface area (Å²) < 4.78 is 5.90. The average molecular weight is 242 g/mol. The highest BCUT2D eigenvalue weighted by Gasteiger charge is 2.26. The number of likely N-dealkylation sites (N-methyl/N-ethyl adjacent to an activating group) is 1. The molecule has 1 rings (SSSR count). The van der Waals surface area contributed by atoms with Gasteiger partial charge in [-0.15, -0.1) is 0 Å². The lowest BCUT2D eigenvalue weighted by molar-refractivity contribution is -0.123. The molecule has 0 aromatic rings. The lowest BCUT2D eigenvalue weighted by Gasteiger charge is -2.31. The number of nitrogens with one attached hydrogen (secondary N) is 1. The van der Waals surface area contributed by atoms with E-state index in [0.717, 1.165) is 19.4 Å². The van der Waals surface area contributed by atoms with Crippen LogP contribution in [0.15, 0.2) is 0 Å². The van der Waals surface area contributed by atoms with E-state index < -0.39 is 0 Å². The maximum atomic E-state index is 11.2. The fraction of sp³-hybridized carbons (Fsp3) is 0.923. The normalized spacial score (nSPS) is 26.7. The first-order chi connectivity index (χ1) is 8.19. The van der Waals surface area contributed by atoms with Crippen LogP contribution in [0, 0.1) is 5.92 Å². The molecule has 4 nitrogen and oxygen atoms in total. The zero-order chi connectivity index (χ0) is 12.7. The first-order valence-electron chi connectivity index (χ1n) is 6.83. The molecule has 3 N–H and O–H groups in total. The van der Waals surface area contributed by atoms with Crippen molar-refractivity contribution in [1.82, 2.24) is 5.32 Å². The van der Waals surface area contributed by atoms with E-state index in [4.69, 9.17) is 10.5 Å². The quantitative estimate of drug-likeness (QED) is 0.710. The molecule has 17 heavy (non-hydrogen) atoms. The highest BCUT2D eigenvalue weighted by molar-refractivity contribution is 5.79. The zero-order valence-electron chi connectivity index (χ0n) is 11.1. The van der Waals surface area contributed by atoms with Gasteiger partial charge in [-0.3, -0.25) is 4.79 Å². The molecule has 0 aromatic heterocycles. The first-order valence-corrected chi connectivity index (χ1v) is 6.83. The van der Waals surface area contributed by atoms with Gasteiger partial charge in [0.1, 0.15) is 6.04 Å². The van der Waals surface area contributed by atoms with Crippen LogP contribution >= 0.6 is 0 Å². The molecular weight excluding hydrogens is 216 g/mol. The number of ether oxygens (including phenoxy) is 1. The molecule has 1 fully saturated rings. The van der Waals surface area contributed by atoms with Crippen LogP contribution in [0.2, 0.25) is 0 Å². The highest BCUT2D eigenvalue weighted by Crippen LogP contribution is 2.29. The Labute approximate surface area is 104 Å². The third-order valence-corrected chi connectivity index (χ3v) is 3.63. The lowest BCUT2D eigenvalue weighted by atomic mass is 9.85. The van der Waals surface area contributed by atoms with Crippen molar-refractivity contribution >= 4 is 5.91 Å². The summed E-state index contributed by atoms with van der Waals surface area (Å²) in [6.45, 7) is 5.32. The molecule has 3 unspecified atom stereocenters. The number of primary amides is 1. The topological polar surface area (TPSA) is 64.3 Å². The van der Waals surface area contributed by atoms with Gasteiger partial charge in [-0.2, -0.15) is 0 Å². The van der Waals surface area contributed by atoms with Gasteiger partial charge in [0, 0.05) is 0 Å². The summed E-state index contributed by atoms with van der Waals surface area (Å²) in [7, 11) is 0. The van der Waals surface area contributed by atoms with Crippen molar-refractivity contribution in [3.05, 3.63) is 0 Å². The zero-order valence-corrected chi connectivity index (χ0v) is 11.1. The van der Waals surface area contributed by atoms with Crippen molar-refractivity contribution in [2.24, 2.45) is 11.7 Å². The average Bonchev–Trinajstić information content (AvgIpc) is 2.34. The molecule has 0 aliphatic heterocycles. The number of hydrogen-bond acceptors (Lipinski definition) is 3. The Balaban J connectivity index is 2.38. The van der Waals surface area contributed by atoms with Gasteiger partial charge < -0.3 is 15.8 Å². The summed E-state index contributed by atoms with van der Waals surface area (Å²) in [4.78, 5) is 11.2. The van der Waals surface area contributed by atoms with E-state index in [1.54, 1.807) is 0 Å². The minimum Gasteiger partial charge on any atom is -0.376 e. The Hall–Kier alpha value is -0.610. The second kappa shape index (κ2) is 7.67. The Bertz CT molecular complexity index is 233. The SMILES string of the molecule is CCNC(COC1CCCCC1CC)C(N)=O. The fourth-order valence-electron chi connectivity index (χ4n) is 2.57. The number of nitrogens with two attached hydrogens (primary N) is 1. The summed E-state index contributed by atoms with van der Waals surface area (Å²) in [5.74, 6) is 0.328. The molecule has 1 aliphatic carbocycles. The minimum absolute atomic E-state index is 0.314. The summed E-state index contributed by atoms with van der Waals surface area (Å²) in [6.07, 6.45) is 6.40. The highest BCUT2D eigenvalue weighted by atomic mass is 16.5. The monoisotopic (exact) mass is 242 g/mol. The van der Waals surface area contributed by atoms with Gasteiger partial charge in [0.2, 0.25) is 5.91 Å². The summed E-state index contributed by atoms with van der Waals surface area (Å²) in [5, 5.41) is 3.05.